The maximum absolute atomic E-state index is 12.4. The number of halogens is 4. The van der Waals surface area contributed by atoms with Crippen LogP contribution in [-0.4, -0.2) is 32.6 Å². The number of nitrogens with zero attached hydrogens (tertiary/aromatic N) is 3. The minimum Gasteiger partial charge on any atom is -0.236 e. The van der Waals surface area contributed by atoms with E-state index < -0.39 is 18.9 Å². The zero-order chi connectivity index (χ0) is 10.1. The normalized spacial score (nSPS) is 12.4. The van der Waals surface area contributed by atoms with E-state index in [1.807, 2.05) is 5.21 Å². The fourth-order valence-corrected chi connectivity index (χ4v) is 0.745. The molecule has 1 N–H and O–H groups in total. The highest BCUT2D eigenvalue weighted by Gasteiger charge is 2.41. The van der Waals surface area contributed by atoms with Crippen LogP contribution in [0.3, 0.4) is 0 Å². The first-order chi connectivity index (χ1) is 5.93. The van der Waals surface area contributed by atoms with Crippen LogP contribution < -0.4 is 0 Å². The minimum atomic E-state index is -4.13. The fourth-order valence-electron chi connectivity index (χ4n) is 0.599. The lowest BCUT2D eigenvalue weighted by atomic mass is 10.3. The number of hydrogen-bond acceptors (Lipinski definition) is 3. The third-order valence-electron chi connectivity index (χ3n) is 1.22. The maximum atomic E-state index is 12.4. The molecule has 0 fully saturated rings. The number of rotatable bonds is 3. The van der Waals surface area contributed by atoms with Crippen molar-refractivity contribution in [1.29, 1.82) is 0 Å². The molecule has 0 aliphatic heterocycles. The van der Waals surface area contributed by atoms with Crippen LogP contribution in [0.1, 0.15) is 0 Å². The molecule has 0 atom stereocenters. The van der Waals surface area contributed by atoms with Crippen molar-refractivity contribution in [3.63, 3.8) is 0 Å². The van der Waals surface area contributed by atoms with Crippen molar-refractivity contribution in [1.82, 2.24) is 20.2 Å². The molecule has 9 heteroatoms. The Morgan fingerprint density at radius 3 is 2.54 bits per heavy atom. The predicted molar refractivity (Wildman–Crippen MR) is 36.2 cm³/mol. The van der Waals surface area contributed by atoms with Crippen LogP contribution in [0.15, 0.2) is 0 Å². The molecule has 0 aromatic carbocycles. The van der Waals surface area contributed by atoms with Gasteiger partial charge in [-0.25, -0.2) is 13.5 Å². The second-order valence-corrected chi connectivity index (χ2v) is 2.60. The van der Waals surface area contributed by atoms with Crippen LogP contribution in [0.25, 0.3) is 0 Å². The van der Waals surface area contributed by atoms with Crippen molar-refractivity contribution in [2.24, 2.45) is 0 Å². The van der Waals surface area contributed by atoms with Gasteiger partial charge in [-0.2, -0.15) is 14.0 Å². The summed E-state index contributed by atoms with van der Waals surface area (Å²) >= 11 is 4.42. The molecule has 0 radical (unpaired) electrons. The molecule has 4 nitrogen and oxygen atoms in total. The van der Waals surface area contributed by atoms with E-state index in [0.717, 1.165) is 0 Å². The number of aromatic nitrogens is 4. The molecule has 0 aliphatic rings. The van der Waals surface area contributed by atoms with Gasteiger partial charge in [0, 0.05) is 0 Å². The summed E-state index contributed by atoms with van der Waals surface area (Å²) in [5.41, 5.74) is 0. The van der Waals surface area contributed by atoms with Gasteiger partial charge in [0.25, 0.3) is 0 Å². The number of tetrazole rings is 1. The summed E-state index contributed by atoms with van der Waals surface area (Å²) in [5, 5.41) is 8.18. The molecule has 74 valence electrons. The Morgan fingerprint density at radius 1 is 1.54 bits per heavy atom. The van der Waals surface area contributed by atoms with Crippen LogP contribution in [0.4, 0.5) is 17.6 Å². The average Bonchev–Trinajstić information content (AvgIpc) is 2.35. The van der Waals surface area contributed by atoms with Crippen LogP contribution in [0.5, 0.6) is 0 Å². The Kier molecular flexibility index (Phi) is 2.64. The van der Waals surface area contributed by atoms with Crippen molar-refractivity contribution in [2.75, 3.05) is 0 Å². The Balaban J connectivity index is 2.80. The first kappa shape index (κ1) is 10.1. The monoisotopic (exact) mass is 216 g/mol. The molecular weight excluding hydrogens is 212 g/mol. The molecule has 1 aromatic heterocycles. The zero-order valence-electron chi connectivity index (χ0n) is 6.05. The van der Waals surface area contributed by atoms with E-state index in [4.69, 9.17) is 0 Å². The highest BCUT2D eigenvalue weighted by molar-refractivity contribution is 7.71. The van der Waals surface area contributed by atoms with Crippen LogP contribution in [0.2, 0.25) is 0 Å². The van der Waals surface area contributed by atoms with Crippen molar-refractivity contribution in [3.05, 3.63) is 4.77 Å². The Hall–Kier alpha value is -0.990. The highest BCUT2D eigenvalue weighted by atomic mass is 32.1. The van der Waals surface area contributed by atoms with E-state index >= 15 is 0 Å². The van der Waals surface area contributed by atoms with Crippen molar-refractivity contribution < 1.29 is 17.6 Å². The summed E-state index contributed by atoms with van der Waals surface area (Å²) in [6.07, 6.45) is -3.74. The van der Waals surface area contributed by atoms with Crippen LogP contribution in [0, 0.1) is 4.77 Å². The number of aromatic amines is 1. The molecule has 0 unspecified atom stereocenters. The third-order valence-corrected chi connectivity index (χ3v) is 1.52. The Bertz CT molecular complexity index is 331. The summed E-state index contributed by atoms with van der Waals surface area (Å²) in [7, 11) is 0. The van der Waals surface area contributed by atoms with Crippen molar-refractivity contribution in [3.8, 4) is 0 Å². The predicted octanol–water partition coefficient (Wildman–Crippen LogP) is 1.24. The van der Waals surface area contributed by atoms with Gasteiger partial charge in [-0.15, -0.1) is 0 Å². The molecular formula is C4H4F4N4S. The molecule has 0 aliphatic carbocycles. The number of hydrogen-bond donors (Lipinski definition) is 1. The molecule has 1 aromatic rings. The summed E-state index contributed by atoms with van der Waals surface area (Å²) in [6, 6.07) is 0. The molecule has 0 saturated carbocycles. The van der Waals surface area contributed by atoms with Gasteiger partial charge < -0.3 is 0 Å². The second-order valence-electron chi connectivity index (χ2n) is 2.23. The molecule has 13 heavy (non-hydrogen) atoms. The van der Waals surface area contributed by atoms with Gasteiger partial charge in [-0.1, -0.05) is 10.3 Å². The third kappa shape index (κ3) is 2.23. The number of alkyl halides is 4. The quantitative estimate of drug-likeness (QED) is 0.610. The van der Waals surface area contributed by atoms with Gasteiger partial charge in [0.05, 0.1) is 0 Å². The lowest BCUT2D eigenvalue weighted by Crippen LogP contribution is -2.32. The van der Waals surface area contributed by atoms with Gasteiger partial charge >= 0.3 is 12.3 Å². The van der Waals surface area contributed by atoms with E-state index in [1.165, 1.54) is 0 Å². The van der Waals surface area contributed by atoms with Crippen molar-refractivity contribution >= 4 is 12.2 Å². The van der Waals surface area contributed by atoms with Gasteiger partial charge in [0.2, 0.25) is 4.77 Å². The first-order valence-corrected chi connectivity index (χ1v) is 3.48. The Morgan fingerprint density at radius 2 is 2.15 bits per heavy atom. The van der Waals surface area contributed by atoms with Crippen LogP contribution >= 0.6 is 12.2 Å². The van der Waals surface area contributed by atoms with E-state index in [2.05, 4.69) is 22.5 Å². The second kappa shape index (κ2) is 3.40. The smallest absolute Gasteiger partial charge is 0.236 e. The maximum Gasteiger partial charge on any atom is 0.326 e. The zero-order valence-corrected chi connectivity index (χ0v) is 6.86. The molecule has 0 amide bonds. The topological polar surface area (TPSA) is 46.5 Å². The largest absolute Gasteiger partial charge is 0.326 e. The van der Waals surface area contributed by atoms with Crippen molar-refractivity contribution in [2.45, 2.75) is 18.9 Å². The first-order valence-electron chi connectivity index (χ1n) is 3.07. The van der Waals surface area contributed by atoms with Gasteiger partial charge in [-0.3, -0.25) is 0 Å². The fraction of sp³-hybridized carbons (Fsp3) is 0.750. The average molecular weight is 216 g/mol. The van der Waals surface area contributed by atoms with Gasteiger partial charge in [-0.05, 0) is 12.2 Å². The Labute approximate surface area is 74.5 Å². The van der Waals surface area contributed by atoms with E-state index in [1.54, 1.807) is 0 Å². The van der Waals surface area contributed by atoms with Gasteiger partial charge in [0.1, 0.15) is 6.54 Å². The van der Waals surface area contributed by atoms with Crippen LogP contribution in [-0.2, 0) is 6.54 Å². The van der Waals surface area contributed by atoms with E-state index in [0.29, 0.717) is 4.68 Å². The summed E-state index contributed by atoms with van der Waals surface area (Å²) in [4.78, 5) is 0. The summed E-state index contributed by atoms with van der Waals surface area (Å²) in [6.45, 7) is -1.25. The summed E-state index contributed by atoms with van der Waals surface area (Å²) < 4.78 is 48.4. The number of H-pyrrole nitrogens is 1. The lowest BCUT2D eigenvalue weighted by Gasteiger charge is -2.14. The highest BCUT2D eigenvalue weighted by Crippen LogP contribution is 2.24. The van der Waals surface area contributed by atoms with E-state index in [9.17, 15) is 17.6 Å². The SMILES string of the molecule is FC(F)C(F)(F)Cn1[nH]nnc1=S. The number of nitrogens with one attached hydrogen (secondary N) is 1. The molecule has 0 bridgehead atoms. The van der Waals surface area contributed by atoms with Gasteiger partial charge in [0.15, 0.2) is 0 Å². The minimum absolute atomic E-state index is 0.291. The molecule has 0 spiro atoms. The standard InChI is InChI=1S/C4H4F4N4S/c5-2(6)4(7,8)1-12-3(13)9-10-11-12/h2H,1H2,(H,9,11,13). The van der Waals surface area contributed by atoms with E-state index in [-0.39, 0.29) is 4.77 Å². The lowest BCUT2D eigenvalue weighted by molar-refractivity contribution is -0.139. The molecule has 1 heterocycles. The summed E-state index contributed by atoms with van der Waals surface area (Å²) in [5.74, 6) is -4.13. The molecule has 0 saturated heterocycles. The molecule has 1 rings (SSSR count).